The van der Waals surface area contributed by atoms with Crippen molar-refractivity contribution in [1.82, 2.24) is 4.90 Å². The lowest BCUT2D eigenvalue weighted by atomic mass is 9.98. The van der Waals surface area contributed by atoms with Gasteiger partial charge >= 0.3 is 0 Å². The molecule has 0 radical (unpaired) electrons. The van der Waals surface area contributed by atoms with E-state index < -0.39 is 0 Å². The quantitative estimate of drug-likeness (QED) is 0.610. The minimum Gasteiger partial charge on any atom is -0.337 e. The summed E-state index contributed by atoms with van der Waals surface area (Å²) in [5, 5.41) is 0. The van der Waals surface area contributed by atoms with E-state index in [-0.39, 0.29) is 0 Å². The van der Waals surface area contributed by atoms with E-state index in [2.05, 4.69) is 6.08 Å². The van der Waals surface area contributed by atoms with E-state index in [4.69, 9.17) is 0 Å². The lowest BCUT2D eigenvalue weighted by Gasteiger charge is -2.29. The van der Waals surface area contributed by atoms with Crippen molar-refractivity contribution in [3.63, 3.8) is 0 Å². The van der Waals surface area contributed by atoms with E-state index in [1.54, 1.807) is 0 Å². The Morgan fingerprint density at radius 1 is 1.42 bits per heavy atom. The molecule has 0 N–H and O–H groups in total. The third-order valence-electron chi connectivity index (χ3n) is 2.38. The zero-order valence-electron chi connectivity index (χ0n) is 7.08. The van der Waals surface area contributed by atoms with E-state index in [1.165, 1.54) is 0 Å². The molecule has 0 aromatic heterocycles. The maximum Gasteiger partial charge on any atom is 0.249 e. The highest BCUT2D eigenvalue weighted by atomic mass is 32.2. The molecule has 0 aromatic rings. The Morgan fingerprint density at radius 2 is 2.08 bits per heavy atom. The smallest absolute Gasteiger partial charge is 0.249 e. The maximum absolute atomic E-state index is 11.6. The SMILES string of the molecule is O=C(C1=CCC1)N1CCSCC1. The fourth-order valence-corrected chi connectivity index (χ4v) is 2.36. The van der Waals surface area contributed by atoms with Gasteiger partial charge in [0.25, 0.3) is 0 Å². The predicted molar refractivity (Wildman–Crippen MR) is 51.2 cm³/mol. The summed E-state index contributed by atoms with van der Waals surface area (Å²) in [6.45, 7) is 1.89. The number of allylic oxidation sites excluding steroid dienone is 1. The molecule has 2 aliphatic rings. The number of thioether (sulfide) groups is 1. The first-order valence-electron chi connectivity index (χ1n) is 4.44. The molecule has 1 saturated heterocycles. The van der Waals surface area contributed by atoms with Crippen molar-refractivity contribution in [2.24, 2.45) is 0 Å². The molecule has 0 unspecified atom stereocenters. The Labute approximate surface area is 77.0 Å². The molecule has 0 bridgehead atoms. The van der Waals surface area contributed by atoms with Crippen LogP contribution in [0, 0.1) is 0 Å². The standard InChI is InChI=1S/C9H13NOS/c11-9(8-2-1-3-8)10-4-6-12-7-5-10/h2H,1,3-7H2. The van der Waals surface area contributed by atoms with Crippen molar-refractivity contribution in [1.29, 1.82) is 0 Å². The second-order valence-corrected chi connectivity index (χ2v) is 4.40. The van der Waals surface area contributed by atoms with Gasteiger partial charge in [-0.15, -0.1) is 0 Å². The topological polar surface area (TPSA) is 20.3 Å². The van der Waals surface area contributed by atoms with E-state index in [0.717, 1.165) is 43.0 Å². The number of carbonyl (C=O) groups excluding carboxylic acids is 1. The zero-order valence-corrected chi connectivity index (χ0v) is 7.90. The monoisotopic (exact) mass is 183 g/mol. The summed E-state index contributed by atoms with van der Waals surface area (Å²) in [6.07, 6.45) is 4.16. The average Bonchev–Trinajstić information content (AvgIpc) is 2.03. The van der Waals surface area contributed by atoms with Gasteiger partial charge in [0.1, 0.15) is 0 Å². The van der Waals surface area contributed by atoms with Crippen molar-refractivity contribution in [3.8, 4) is 0 Å². The fourth-order valence-electron chi connectivity index (χ4n) is 1.45. The van der Waals surface area contributed by atoms with Gasteiger partial charge in [-0.25, -0.2) is 0 Å². The van der Waals surface area contributed by atoms with Crippen LogP contribution in [-0.2, 0) is 4.79 Å². The molecule has 1 fully saturated rings. The number of nitrogens with zero attached hydrogens (tertiary/aromatic N) is 1. The van der Waals surface area contributed by atoms with Gasteiger partial charge in [-0.1, -0.05) is 6.08 Å². The molecule has 1 aliphatic heterocycles. The highest BCUT2D eigenvalue weighted by Gasteiger charge is 2.22. The van der Waals surface area contributed by atoms with E-state index in [0.29, 0.717) is 5.91 Å². The first kappa shape index (κ1) is 8.17. The molecule has 2 rings (SSSR count). The minimum atomic E-state index is 0.293. The van der Waals surface area contributed by atoms with Crippen molar-refractivity contribution in [3.05, 3.63) is 11.6 Å². The normalized spacial score (nSPS) is 23.0. The summed E-state index contributed by atoms with van der Waals surface area (Å²) >= 11 is 1.94. The maximum atomic E-state index is 11.6. The van der Waals surface area contributed by atoms with Crippen molar-refractivity contribution in [2.75, 3.05) is 24.6 Å². The molecule has 1 aliphatic carbocycles. The van der Waals surface area contributed by atoms with Crippen LogP contribution in [0.4, 0.5) is 0 Å². The Morgan fingerprint density at radius 3 is 2.58 bits per heavy atom. The average molecular weight is 183 g/mol. The first-order valence-corrected chi connectivity index (χ1v) is 5.59. The van der Waals surface area contributed by atoms with Crippen LogP contribution < -0.4 is 0 Å². The molecular weight excluding hydrogens is 170 g/mol. The molecule has 66 valence electrons. The molecule has 3 heteroatoms. The molecule has 1 amide bonds. The van der Waals surface area contributed by atoms with Gasteiger partial charge in [-0.3, -0.25) is 4.79 Å². The summed E-state index contributed by atoms with van der Waals surface area (Å²) in [4.78, 5) is 13.6. The first-order chi connectivity index (χ1) is 5.88. The predicted octanol–water partition coefficient (Wildman–Crippen LogP) is 1.28. The van der Waals surface area contributed by atoms with Crippen LogP contribution in [0.15, 0.2) is 11.6 Å². The number of hydrogen-bond acceptors (Lipinski definition) is 2. The fraction of sp³-hybridized carbons (Fsp3) is 0.667. The lowest BCUT2D eigenvalue weighted by Crippen LogP contribution is -2.39. The number of amides is 1. The van der Waals surface area contributed by atoms with Crippen LogP contribution in [0.5, 0.6) is 0 Å². The summed E-state index contributed by atoms with van der Waals surface area (Å²) < 4.78 is 0. The summed E-state index contributed by atoms with van der Waals surface area (Å²) in [7, 11) is 0. The van der Waals surface area contributed by atoms with Gasteiger partial charge in [0.2, 0.25) is 5.91 Å². The number of rotatable bonds is 1. The summed E-state index contributed by atoms with van der Waals surface area (Å²) in [5.74, 6) is 2.51. The van der Waals surface area contributed by atoms with E-state index in [9.17, 15) is 4.79 Å². The molecular formula is C9H13NOS. The van der Waals surface area contributed by atoms with E-state index in [1.807, 2.05) is 16.7 Å². The second kappa shape index (κ2) is 3.52. The Balaban J connectivity index is 1.93. The highest BCUT2D eigenvalue weighted by Crippen LogP contribution is 2.21. The van der Waals surface area contributed by atoms with Crippen LogP contribution in [-0.4, -0.2) is 35.4 Å². The molecule has 0 spiro atoms. The van der Waals surface area contributed by atoms with Crippen molar-refractivity contribution < 1.29 is 4.79 Å². The lowest BCUT2D eigenvalue weighted by molar-refractivity contribution is -0.127. The minimum absolute atomic E-state index is 0.293. The molecule has 0 saturated carbocycles. The summed E-state index contributed by atoms with van der Waals surface area (Å²) in [6, 6.07) is 0. The molecule has 12 heavy (non-hydrogen) atoms. The van der Waals surface area contributed by atoms with Crippen molar-refractivity contribution in [2.45, 2.75) is 12.8 Å². The van der Waals surface area contributed by atoms with Crippen LogP contribution in [0.1, 0.15) is 12.8 Å². The zero-order chi connectivity index (χ0) is 8.39. The largest absolute Gasteiger partial charge is 0.337 e. The van der Waals surface area contributed by atoms with Gasteiger partial charge in [-0.2, -0.15) is 11.8 Å². The van der Waals surface area contributed by atoms with Gasteiger partial charge in [0.15, 0.2) is 0 Å². The molecule has 1 heterocycles. The Hall–Kier alpha value is -0.440. The highest BCUT2D eigenvalue weighted by molar-refractivity contribution is 7.99. The molecule has 2 nitrogen and oxygen atoms in total. The molecule has 0 aromatic carbocycles. The van der Waals surface area contributed by atoms with Gasteiger partial charge in [0, 0.05) is 30.2 Å². The van der Waals surface area contributed by atoms with Crippen molar-refractivity contribution >= 4 is 17.7 Å². The van der Waals surface area contributed by atoms with E-state index >= 15 is 0 Å². The van der Waals surface area contributed by atoms with Crippen LogP contribution >= 0.6 is 11.8 Å². The summed E-state index contributed by atoms with van der Waals surface area (Å²) in [5.41, 5.74) is 1.04. The Kier molecular flexibility index (Phi) is 2.40. The van der Waals surface area contributed by atoms with Gasteiger partial charge in [-0.05, 0) is 12.8 Å². The second-order valence-electron chi connectivity index (χ2n) is 3.17. The Bertz CT molecular complexity index is 219. The molecule has 0 atom stereocenters. The van der Waals surface area contributed by atoms with Crippen LogP contribution in [0.2, 0.25) is 0 Å². The van der Waals surface area contributed by atoms with Gasteiger partial charge in [0.05, 0.1) is 0 Å². The van der Waals surface area contributed by atoms with Gasteiger partial charge < -0.3 is 4.90 Å². The third-order valence-corrected chi connectivity index (χ3v) is 3.32. The van der Waals surface area contributed by atoms with Crippen LogP contribution in [0.3, 0.4) is 0 Å². The van der Waals surface area contributed by atoms with Crippen LogP contribution in [0.25, 0.3) is 0 Å². The number of hydrogen-bond donors (Lipinski definition) is 0. The third kappa shape index (κ3) is 1.51. The number of carbonyl (C=O) groups is 1.